The van der Waals surface area contributed by atoms with Crippen molar-refractivity contribution < 1.29 is 24.6 Å². The first kappa shape index (κ1) is 15.0. The number of benzene rings is 1. The highest BCUT2D eigenvalue weighted by atomic mass is 16.4. The average molecular weight is 291 g/mol. The van der Waals surface area contributed by atoms with Crippen LogP contribution in [0.4, 0.5) is 5.69 Å². The van der Waals surface area contributed by atoms with E-state index in [0.29, 0.717) is 18.5 Å². The summed E-state index contributed by atoms with van der Waals surface area (Å²) in [5.74, 6) is -3.46. The Hall–Kier alpha value is -2.37. The second-order valence-corrected chi connectivity index (χ2v) is 5.21. The van der Waals surface area contributed by atoms with Crippen LogP contribution in [0, 0.1) is 11.8 Å². The summed E-state index contributed by atoms with van der Waals surface area (Å²) in [5.41, 5.74) is 0.605. The molecule has 0 aromatic heterocycles. The second kappa shape index (κ2) is 6.39. The summed E-state index contributed by atoms with van der Waals surface area (Å²) in [6, 6.07) is 5.79. The zero-order chi connectivity index (χ0) is 15.4. The fourth-order valence-corrected chi connectivity index (χ4v) is 2.67. The largest absolute Gasteiger partial charge is 0.481 e. The average Bonchev–Trinajstić information content (AvgIpc) is 2.47. The fourth-order valence-electron chi connectivity index (χ4n) is 2.67. The van der Waals surface area contributed by atoms with Crippen molar-refractivity contribution in [3.8, 4) is 0 Å². The van der Waals surface area contributed by atoms with Gasteiger partial charge in [-0.05, 0) is 37.1 Å². The molecule has 0 heterocycles. The van der Waals surface area contributed by atoms with Crippen LogP contribution in [0.15, 0.2) is 24.3 Å². The number of hydrogen-bond acceptors (Lipinski definition) is 3. The van der Waals surface area contributed by atoms with Gasteiger partial charge in [0.1, 0.15) is 0 Å². The smallest absolute Gasteiger partial charge is 0.335 e. The SMILES string of the molecule is O=C(O)c1ccc(NC(=O)[C@H]2CCCC[C@H]2C(=O)O)cc1. The molecule has 0 aliphatic heterocycles. The second-order valence-electron chi connectivity index (χ2n) is 5.21. The third-order valence-corrected chi connectivity index (χ3v) is 3.82. The Morgan fingerprint density at radius 3 is 2.05 bits per heavy atom. The van der Waals surface area contributed by atoms with E-state index in [9.17, 15) is 19.5 Å². The van der Waals surface area contributed by atoms with E-state index in [-0.39, 0.29) is 11.5 Å². The molecule has 3 N–H and O–H groups in total. The Morgan fingerprint density at radius 2 is 1.52 bits per heavy atom. The van der Waals surface area contributed by atoms with E-state index >= 15 is 0 Å². The predicted molar refractivity (Wildman–Crippen MR) is 75.1 cm³/mol. The van der Waals surface area contributed by atoms with Gasteiger partial charge in [-0.15, -0.1) is 0 Å². The highest BCUT2D eigenvalue weighted by Gasteiger charge is 2.35. The summed E-state index contributed by atoms with van der Waals surface area (Å²) in [4.78, 5) is 34.2. The number of carbonyl (C=O) groups excluding carboxylic acids is 1. The van der Waals surface area contributed by atoms with Gasteiger partial charge < -0.3 is 15.5 Å². The monoisotopic (exact) mass is 291 g/mol. The molecule has 1 aliphatic rings. The molecular weight excluding hydrogens is 274 g/mol. The van der Waals surface area contributed by atoms with E-state index in [2.05, 4.69) is 5.32 Å². The number of hydrogen-bond donors (Lipinski definition) is 3. The lowest BCUT2D eigenvalue weighted by molar-refractivity contribution is -0.147. The van der Waals surface area contributed by atoms with Crippen molar-refractivity contribution >= 4 is 23.5 Å². The molecule has 0 unspecified atom stereocenters. The quantitative estimate of drug-likeness (QED) is 0.789. The number of carboxylic acid groups (broad SMARTS) is 2. The van der Waals surface area contributed by atoms with Crippen LogP contribution in [-0.4, -0.2) is 28.1 Å². The Balaban J connectivity index is 2.05. The van der Waals surface area contributed by atoms with Crippen LogP contribution in [0.25, 0.3) is 0 Å². The highest BCUT2D eigenvalue weighted by Crippen LogP contribution is 2.31. The minimum absolute atomic E-state index is 0.133. The van der Waals surface area contributed by atoms with Crippen molar-refractivity contribution in [2.24, 2.45) is 11.8 Å². The number of anilines is 1. The van der Waals surface area contributed by atoms with Crippen LogP contribution >= 0.6 is 0 Å². The number of rotatable bonds is 4. The van der Waals surface area contributed by atoms with E-state index in [0.717, 1.165) is 12.8 Å². The summed E-state index contributed by atoms with van der Waals surface area (Å²) < 4.78 is 0. The molecule has 0 saturated heterocycles. The molecule has 6 nitrogen and oxygen atoms in total. The van der Waals surface area contributed by atoms with Gasteiger partial charge in [-0.2, -0.15) is 0 Å². The summed E-state index contributed by atoms with van der Waals surface area (Å²) in [6.07, 6.45) is 2.76. The first-order chi connectivity index (χ1) is 9.99. The van der Waals surface area contributed by atoms with Gasteiger partial charge >= 0.3 is 11.9 Å². The number of aromatic carboxylic acids is 1. The van der Waals surface area contributed by atoms with Crippen molar-refractivity contribution in [2.45, 2.75) is 25.7 Å². The molecular formula is C15H17NO5. The third kappa shape index (κ3) is 3.59. The molecule has 2 atom stereocenters. The van der Waals surface area contributed by atoms with E-state index in [4.69, 9.17) is 5.11 Å². The maximum atomic E-state index is 12.2. The standard InChI is InChI=1S/C15H17NO5/c17-13(11-3-1-2-4-12(11)15(20)21)16-10-7-5-9(6-8-10)14(18)19/h5-8,11-12H,1-4H2,(H,16,17)(H,18,19)(H,20,21)/t11-,12+/m0/s1. The topological polar surface area (TPSA) is 104 Å². The zero-order valence-electron chi connectivity index (χ0n) is 11.4. The lowest BCUT2D eigenvalue weighted by Crippen LogP contribution is -2.36. The van der Waals surface area contributed by atoms with E-state index < -0.39 is 23.8 Å². The summed E-state index contributed by atoms with van der Waals surface area (Å²) in [5, 5.41) is 20.6. The number of nitrogens with one attached hydrogen (secondary N) is 1. The number of aliphatic carboxylic acids is 1. The van der Waals surface area contributed by atoms with Gasteiger partial charge in [-0.1, -0.05) is 12.8 Å². The lowest BCUT2D eigenvalue weighted by Gasteiger charge is -2.27. The fraction of sp³-hybridized carbons (Fsp3) is 0.400. The van der Waals surface area contributed by atoms with Gasteiger partial charge in [-0.25, -0.2) is 4.79 Å². The predicted octanol–water partition coefficient (Wildman–Crippen LogP) is 2.21. The molecule has 21 heavy (non-hydrogen) atoms. The number of amides is 1. The van der Waals surface area contributed by atoms with Gasteiger partial charge in [0.25, 0.3) is 0 Å². The van der Waals surface area contributed by atoms with E-state index in [1.807, 2.05) is 0 Å². The van der Waals surface area contributed by atoms with Crippen LogP contribution in [0.2, 0.25) is 0 Å². The van der Waals surface area contributed by atoms with Gasteiger partial charge in [-0.3, -0.25) is 9.59 Å². The normalized spacial score (nSPS) is 21.5. The molecule has 2 rings (SSSR count). The maximum absolute atomic E-state index is 12.2. The van der Waals surface area contributed by atoms with Crippen LogP contribution in [-0.2, 0) is 9.59 Å². The van der Waals surface area contributed by atoms with Crippen LogP contribution < -0.4 is 5.32 Å². The molecule has 1 fully saturated rings. The van der Waals surface area contributed by atoms with E-state index in [1.165, 1.54) is 24.3 Å². The van der Waals surface area contributed by atoms with Crippen molar-refractivity contribution in [3.05, 3.63) is 29.8 Å². The summed E-state index contributed by atoms with van der Waals surface area (Å²) >= 11 is 0. The van der Waals surface area contributed by atoms with Crippen molar-refractivity contribution in [3.63, 3.8) is 0 Å². The molecule has 0 spiro atoms. The minimum atomic E-state index is -1.04. The molecule has 1 aliphatic carbocycles. The Morgan fingerprint density at radius 1 is 0.952 bits per heavy atom. The van der Waals surface area contributed by atoms with E-state index in [1.54, 1.807) is 0 Å². The molecule has 0 radical (unpaired) electrons. The third-order valence-electron chi connectivity index (χ3n) is 3.82. The first-order valence-electron chi connectivity index (χ1n) is 6.86. The Bertz CT molecular complexity index is 552. The molecule has 6 heteroatoms. The van der Waals surface area contributed by atoms with Gasteiger partial charge in [0.2, 0.25) is 5.91 Å². The van der Waals surface area contributed by atoms with Gasteiger partial charge in [0, 0.05) is 5.69 Å². The highest BCUT2D eigenvalue weighted by molar-refractivity contribution is 5.96. The van der Waals surface area contributed by atoms with Gasteiger partial charge in [0.05, 0.1) is 17.4 Å². The maximum Gasteiger partial charge on any atom is 0.335 e. The van der Waals surface area contributed by atoms with Crippen molar-refractivity contribution in [1.29, 1.82) is 0 Å². The molecule has 1 aromatic rings. The number of carbonyl (C=O) groups is 3. The Kier molecular flexibility index (Phi) is 4.57. The first-order valence-corrected chi connectivity index (χ1v) is 6.86. The zero-order valence-corrected chi connectivity index (χ0v) is 11.4. The van der Waals surface area contributed by atoms with Crippen molar-refractivity contribution in [1.82, 2.24) is 0 Å². The Labute approximate surface area is 121 Å². The molecule has 0 bridgehead atoms. The van der Waals surface area contributed by atoms with Crippen molar-refractivity contribution in [2.75, 3.05) is 5.32 Å². The van der Waals surface area contributed by atoms with Crippen LogP contribution in [0.3, 0.4) is 0 Å². The minimum Gasteiger partial charge on any atom is -0.481 e. The summed E-state index contributed by atoms with van der Waals surface area (Å²) in [7, 11) is 0. The van der Waals surface area contributed by atoms with Crippen LogP contribution in [0.1, 0.15) is 36.0 Å². The summed E-state index contributed by atoms with van der Waals surface area (Å²) in [6.45, 7) is 0. The number of carboxylic acids is 2. The molecule has 1 saturated carbocycles. The lowest BCUT2D eigenvalue weighted by atomic mass is 9.78. The van der Waals surface area contributed by atoms with Gasteiger partial charge in [0.15, 0.2) is 0 Å². The molecule has 1 aromatic carbocycles. The van der Waals surface area contributed by atoms with Crippen LogP contribution in [0.5, 0.6) is 0 Å². The molecule has 1 amide bonds. The molecule has 112 valence electrons.